The van der Waals surface area contributed by atoms with E-state index < -0.39 is 0 Å². The number of aromatic nitrogens is 2. The summed E-state index contributed by atoms with van der Waals surface area (Å²) in [7, 11) is 1.97. The molecule has 1 N–H and O–H groups in total. The molecule has 1 aromatic rings. The number of aryl methyl sites for hydroxylation is 1. The molecule has 0 saturated carbocycles. The van der Waals surface area contributed by atoms with Crippen LogP contribution in [0.15, 0.2) is 12.3 Å². The Hall–Kier alpha value is -0.870. The highest BCUT2D eigenvalue weighted by atomic mass is 15.3. The van der Waals surface area contributed by atoms with Crippen LogP contribution in [0, 0.1) is 0 Å². The molecule has 1 aliphatic heterocycles. The predicted octanol–water partition coefficient (Wildman–Crippen LogP) is 1.38. The molecule has 2 heterocycles. The minimum Gasteiger partial charge on any atom is -0.313 e. The van der Waals surface area contributed by atoms with E-state index in [0.717, 1.165) is 19.6 Å². The van der Waals surface area contributed by atoms with Gasteiger partial charge in [0, 0.05) is 32.4 Å². The summed E-state index contributed by atoms with van der Waals surface area (Å²) < 4.78 is 1.88. The van der Waals surface area contributed by atoms with Gasteiger partial charge in [0.05, 0.1) is 5.69 Å². The Morgan fingerprint density at radius 3 is 3.00 bits per heavy atom. The number of piperidine rings is 1. The van der Waals surface area contributed by atoms with Crippen molar-refractivity contribution in [1.29, 1.82) is 0 Å². The number of likely N-dealkylation sites (N-methyl/N-ethyl adjacent to an activating group) is 1. The van der Waals surface area contributed by atoms with Gasteiger partial charge in [0.1, 0.15) is 0 Å². The Balaban J connectivity index is 1.83. The van der Waals surface area contributed by atoms with E-state index in [-0.39, 0.29) is 0 Å². The van der Waals surface area contributed by atoms with Crippen LogP contribution in [0.3, 0.4) is 0 Å². The fraction of sp³-hybridized carbons (Fsp3) is 0.769. The number of hydrogen-bond donors (Lipinski definition) is 1. The molecule has 1 saturated heterocycles. The van der Waals surface area contributed by atoms with E-state index in [1.807, 2.05) is 17.9 Å². The van der Waals surface area contributed by atoms with Gasteiger partial charge in [0.15, 0.2) is 0 Å². The van der Waals surface area contributed by atoms with Gasteiger partial charge in [-0.25, -0.2) is 0 Å². The zero-order valence-electron chi connectivity index (χ0n) is 11.0. The average Bonchev–Trinajstić information content (AvgIpc) is 2.75. The Kier molecular flexibility index (Phi) is 4.57. The third kappa shape index (κ3) is 3.82. The molecule has 0 amide bonds. The van der Waals surface area contributed by atoms with E-state index in [0.29, 0.717) is 6.04 Å². The molecule has 0 aromatic carbocycles. The molecule has 4 nitrogen and oxygen atoms in total. The second-order valence-electron chi connectivity index (χ2n) is 4.96. The molecule has 2 rings (SSSR count). The van der Waals surface area contributed by atoms with Crippen LogP contribution in [0.5, 0.6) is 0 Å². The highest BCUT2D eigenvalue weighted by molar-refractivity contribution is 4.98. The largest absolute Gasteiger partial charge is 0.313 e. The number of hydrogen-bond acceptors (Lipinski definition) is 3. The second-order valence-corrected chi connectivity index (χ2v) is 4.96. The third-order valence-corrected chi connectivity index (χ3v) is 3.49. The third-order valence-electron chi connectivity index (χ3n) is 3.49. The van der Waals surface area contributed by atoms with Gasteiger partial charge in [0.2, 0.25) is 0 Å². The minimum absolute atomic E-state index is 0.674. The summed E-state index contributed by atoms with van der Waals surface area (Å²) in [6, 6.07) is 2.78. The molecule has 4 heteroatoms. The van der Waals surface area contributed by atoms with E-state index in [2.05, 4.69) is 28.3 Å². The highest BCUT2D eigenvalue weighted by Gasteiger charge is 2.16. The summed E-state index contributed by atoms with van der Waals surface area (Å²) >= 11 is 0. The number of nitrogens with one attached hydrogen (secondary N) is 1. The van der Waals surface area contributed by atoms with Gasteiger partial charge < -0.3 is 5.32 Å². The molecular weight excluding hydrogens is 212 g/mol. The quantitative estimate of drug-likeness (QED) is 0.838. The van der Waals surface area contributed by atoms with Crippen molar-refractivity contribution in [2.24, 2.45) is 7.05 Å². The van der Waals surface area contributed by atoms with Crippen molar-refractivity contribution in [2.45, 2.75) is 38.8 Å². The van der Waals surface area contributed by atoms with Crippen LogP contribution in [0.4, 0.5) is 0 Å². The lowest BCUT2D eigenvalue weighted by molar-refractivity contribution is 0.224. The maximum absolute atomic E-state index is 4.45. The molecule has 1 unspecified atom stereocenters. The van der Waals surface area contributed by atoms with Crippen LogP contribution < -0.4 is 5.32 Å². The van der Waals surface area contributed by atoms with Gasteiger partial charge >= 0.3 is 0 Å². The molecule has 1 fully saturated rings. The van der Waals surface area contributed by atoms with Crippen molar-refractivity contribution in [3.8, 4) is 0 Å². The van der Waals surface area contributed by atoms with Gasteiger partial charge in [0.25, 0.3) is 0 Å². The lowest BCUT2D eigenvalue weighted by Gasteiger charge is -2.29. The van der Waals surface area contributed by atoms with Crippen molar-refractivity contribution in [1.82, 2.24) is 20.0 Å². The van der Waals surface area contributed by atoms with Crippen molar-refractivity contribution >= 4 is 0 Å². The van der Waals surface area contributed by atoms with Crippen LogP contribution in [0.2, 0.25) is 0 Å². The second kappa shape index (κ2) is 6.17. The van der Waals surface area contributed by atoms with E-state index in [1.165, 1.54) is 31.5 Å². The predicted molar refractivity (Wildman–Crippen MR) is 69.8 cm³/mol. The maximum atomic E-state index is 4.45. The first-order valence-corrected chi connectivity index (χ1v) is 6.72. The maximum Gasteiger partial charge on any atom is 0.0764 e. The fourth-order valence-electron chi connectivity index (χ4n) is 2.47. The monoisotopic (exact) mass is 236 g/mol. The number of rotatable bonds is 5. The summed E-state index contributed by atoms with van der Waals surface area (Å²) in [6.07, 6.45) is 6.04. The van der Waals surface area contributed by atoms with Crippen molar-refractivity contribution in [3.05, 3.63) is 18.0 Å². The highest BCUT2D eigenvalue weighted by Crippen LogP contribution is 2.10. The van der Waals surface area contributed by atoms with E-state index in [1.54, 1.807) is 0 Å². The van der Waals surface area contributed by atoms with E-state index in [4.69, 9.17) is 0 Å². The van der Waals surface area contributed by atoms with Crippen LogP contribution >= 0.6 is 0 Å². The van der Waals surface area contributed by atoms with E-state index in [9.17, 15) is 0 Å². The van der Waals surface area contributed by atoms with Crippen molar-refractivity contribution in [2.75, 3.05) is 19.6 Å². The van der Waals surface area contributed by atoms with Gasteiger partial charge in [-0.3, -0.25) is 9.58 Å². The SMILES string of the molecule is CCN(Cc1ccn(C)n1)CC1CCCCN1. The molecule has 0 aliphatic carbocycles. The summed E-state index contributed by atoms with van der Waals surface area (Å²) in [5, 5.41) is 8.05. The minimum atomic E-state index is 0.674. The zero-order chi connectivity index (χ0) is 12.1. The first kappa shape index (κ1) is 12.6. The Bertz CT molecular complexity index is 328. The van der Waals surface area contributed by atoms with Crippen LogP contribution in [-0.4, -0.2) is 40.4 Å². The summed E-state index contributed by atoms with van der Waals surface area (Å²) in [4.78, 5) is 2.48. The summed E-state index contributed by atoms with van der Waals surface area (Å²) in [5.41, 5.74) is 1.17. The molecule has 0 spiro atoms. The Morgan fingerprint density at radius 1 is 1.53 bits per heavy atom. The van der Waals surface area contributed by atoms with Crippen LogP contribution in [0.1, 0.15) is 31.9 Å². The zero-order valence-corrected chi connectivity index (χ0v) is 11.0. The molecule has 0 radical (unpaired) electrons. The normalized spacial score (nSPS) is 21.0. The lowest BCUT2D eigenvalue weighted by atomic mass is 10.0. The molecular formula is C13H24N4. The van der Waals surface area contributed by atoms with Crippen LogP contribution in [-0.2, 0) is 13.6 Å². The van der Waals surface area contributed by atoms with Gasteiger partial charge in [-0.15, -0.1) is 0 Å². The summed E-state index contributed by atoms with van der Waals surface area (Å²) in [6.45, 7) is 6.62. The molecule has 96 valence electrons. The molecule has 1 atom stereocenters. The standard InChI is InChI=1S/C13H24N4/c1-3-17(10-12-6-4-5-8-14-12)11-13-7-9-16(2)15-13/h7,9,12,14H,3-6,8,10-11H2,1-2H3. The first-order valence-electron chi connectivity index (χ1n) is 6.72. The topological polar surface area (TPSA) is 33.1 Å². The summed E-state index contributed by atoms with van der Waals surface area (Å²) in [5.74, 6) is 0. The van der Waals surface area contributed by atoms with Gasteiger partial charge in [-0.05, 0) is 32.0 Å². The van der Waals surface area contributed by atoms with Crippen LogP contribution in [0.25, 0.3) is 0 Å². The average molecular weight is 236 g/mol. The molecule has 1 aliphatic rings. The van der Waals surface area contributed by atoms with Crippen molar-refractivity contribution < 1.29 is 0 Å². The Morgan fingerprint density at radius 2 is 2.41 bits per heavy atom. The molecule has 1 aromatic heterocycles. The van der Waals surface area contributed by atoms with Gasteiger partial charge in [-0.1, -0.05) is 13.3 Å². The van der Waals surface area contributed by atoms with E-state index >= 15 is 0 Å². The van der Waals surface area contributed by atoms with Gasteiger partial charge in [-0.2, -0.15) is 5.10 Å². The fourth-order valence-corrected chi connectivity index (χ4v) is 2.47. The lowest BCUT2D eigenvalue weighted by Crippen LogP contribution is -2.43. The molecule has 0 bridgehead atoms. The Labute approximate surface area is 104 Å². The smallest absolute Gasteiger partial charge is 0.0764 e. The molecule has 17 heavy (non-hydrogen) atoms. The van der Waals surface area contributed by atoms with Crippen molar-refractivity contribution in [3.63, 3.8) is 0 Å². The first-order chi connectivity index (χ1) is 8.28. The number of nitrogens with zero attached hydrogens (tertiary/aromatic N) is 3.